The molecule has 21 heavy (non-hydrogen) atoms. The van der Waals surface area contributed by atoms with Gasteiger partial charge in [-0.2, -0.15) is 0 Å². The number of carbonyl (C=O) groups excluding carboxylic acids is 1. The van der Waals surface area contributed by atoms with Gasteiger partial charge in [0.05, 0.1) is 13.7 Å². The van der Waals surface area contributed by atoms with E-state index in [1.54, 1.807) is 13.0 Å². The predicted octanol–water partition coefficient (Wildman–Crippen LogP) is 3.99. The van der Waals surface area contributed by atoms with Crippen molar-refractivity contribution in [3.63, 3.8) is 0 Å². The quantitative estimate of drug-likeness (QED) is 0.827. The second-order valence-corrected chi connectivity index (χ2v) is 5.65. The van der Waals surface area contributed by atoms with Crippen molar-refractivity contribution in [2.45, 2.75) is 26.4 Å². The Morgan fingerprint density at radius 3 is 2.81 bits per heavy atom. The zero-order valence-electron chi connectivity index (χ0n) is 12.3. The van der Waals surface area contributed by atoms with Gasteiger partial charge in [0.1, 0.15) is 17.1 Å². The molecule has 0 amide bonds. The normalized spacial score (nSPS) is 12.2. The van der Waals surface area contributed by atoms with Crippen LogP contribution in [0.2, 0.25) is 0 Å². The zero-order valence-corrected chi connectivity index (χ0v) is 13.9. The number of hydrogen-bond acceptors (Lipinski definition) is 4. The highest BCUT2D eigenvalue weighted by atomic mass is 79.9. The first kappa shape index (κ1) is 15.8. The molecule has 0 aliphatic rings. The molecule has 0 saturated heterocycles. The third kappa shape index (κ3) is 3.74. The molecule has 0 radical (unpaired) electrons. The van der Waals surface area contributed by atoms with E-state index in [-0.39, 0.29) is 12.0 Å². The summed E-state index contributed by atoms with van der Waals surface area (Å²) in [4.78, 5) is 11.5. The van der Waals surface area contributed by atoms with Crippen molar-refractivity contribution in [1.29, 1.82) is 0 Å². The lowest BCUT2D eigenvalue weighted by Crippen LogP contribution is -2.18. The van der Waals surface area contributed by atoms with E-state index in [1.165, 1.54) is 12.7 Å². The van der Waals surface area contributed by atoms with Gasteiger partial charge in [-0.15, -0.1) is 0 Å². The SMILES string of the molecule is COC(=O)c1cc(CN[C@@H](C)c2ccccc2Br)oc1C. The maximum absolute atomic E-state index is 11.5. The van der Waals surface area contributed by atoms with Gasteiger partial charge in [0.15, 0.2) is 0 Å². The van der Waals surface area contributed by atoms with Gasteiger partial charge in [0.2, 0.25) is 0 Å². The highest BCUT2D eigenvalue weighted by Crippen LogP contribution is 2.23. The Bertz CT molecular complexity index is 636. The molecule has 0 fully saturated rings. The van der Waals surface area contributed by atoms with Crippen LogP contribution in [0.5, 0.6) is 0 Å². The van der Waals surface area contributed by atoms with E-state index in [9.17, 15) is 4.79 Å². The van der Waals surface area contributed by atoms with E-state index in [1.807, 2.05) is 18.2 Å². The third-order valence-electron chi connectivity index (χ3n) is 3.33. The summed E-state index contributed by atoms with van der Waals surface area (Å²) in [7, 11) is 1.36. The second-order valence-electron chi connectivity index (χ2n) is 4.80. The molecule has 1 atom stereocenters. The standard InChI is InChI=1S/C16H18BrNO3/c1-10(13-6-4-5-7-15(13)17)18-9-12-8-14(11(2)21-12)16(19)20-3/h4-8,10,18H,9H2,1-3H3/t10-/m0/s1. The van der Waals surface area contributed by atoms with Crippen molar-refractivity contribution in [1.82, 2.24) is 5.32 Å². The Labute approximate surface area is 132 Å². The fourth-order valence-electron chi connectivity index (χ4n) is 2.13. The fraction of sp³-hybridized carbons (Fsp3) is 0.312. The lowest BCUT2D eigenvalue weighted by atomic mass is 10.1. The number of ether oxygens (including phenoxy) is 1. The largest absolute Gasteiger partial charge is 0.465 e. The van der Waals surface area contributed by atoms with Crippen molar-refractivity contribution in [3.05, 3.63) is 57.5 Å². The van der Waals surface area contributed by atoms with Gasteiger partial charge >= 0.3 is 5.97 Å². The summed E-state index contributed by atoms with van der Waals surface area (Å²) in [6.45, 7) is 4.38. The van der Waals surface area contributed by atoms with Gasteiger partial charge in [0, 0.05) is 10.5 Å². The molecule has 1 heterocycles. The molecule has 0 aliphatic carbocycles. The summed E-state index contributed by atoms with van der Waals surface area (Å²) < 4.78 is 11.4. The molecule has 0 aliphatic heterocycles. The van der Waals surface area contributed by atoms with Gasteiger partial charge in [0.25, 0.3) is 0 Å². The van der Waals surface area contributed by atoms with E-state index in [0.29, 0.717) is 23.6 Å². The Balaban J connectivity index is 2.03. The summed E-state index contributed by atoms with van der Waals surface area (Å²) in [6.07, 6.45) is 0. The number of furan rings is 1. The van der Waals surface area contributed by atoms with E-state index < -0.39 is 0 Å². The zero-order chi connectivity index (χ0) is 15.4. The predicted molar refractivity (Wildman–Crippen MR) is 84.2 cm³/mol. The van der Waals surface area contributed by atoms with Crippen LogP contribution in [0.25, 0.3) is 0 Å². The molecular weight excluding hydrogens is 334 g/mol. The highest BCUT2D eigenvalue weighted by molar-refractivity contribution is 9.10. The number of methoxy groups -OCH3 is 1. The van der Waals surface area contributed by atoms with Gasteiger partial charge in [-0.1, -0.05) is 34.1 Å². The molecule has 0 unspecified atom stereocenters. The van der Waals surface area contributed by atoms with E-state index >= 15 is 0 Å². The summed E-state index contributed by atoms with van der Waals surface area (Å²) in [5.41, 5.74) is 1.65. The lowest BCUT2D eigenvalue weighted by molar-refractivity contribution is 0.0599. The van der Waals surface area contributed by atoms with Crippen LogP contribution < -0.4 is 5.32 Å². The molecule has 4 nitrogen and oxygen atoms in total. The monoisotopic (exact) mass is 351 g/mol. The highest BCUT2D eigenvalue weighted by Gasteiger charge is 2.16. The molecule has 112 valence electrons. The van der Waals surface area contributed by atoms with Crippen LogP contribution in [0, 0.1) is 6.92 Å². The number of carbonyl (C=O) groups is 1. The Morgan fingerprint density at radius 1 is 1.43 bits per heavy atom. The average molecular weight is 352 g/mol. The number of benzene rings is 1. The fourth-order valence-corrected chi connectivity index (χ4v) is 2.76. The van der Waals surface area contributed by atoms with E-state index in [2.05, 4.69) is 34.2 Å². The molecule has 1 aromatic carbocycles. The lowest BCUT2D eigenvalue weighted by Gasteiger charge is -2.14. The molecule has 5 heteroatoms. The molecule has 0 spiro atoms. The van der Waals surface area contributed by atoms with Crippen LogP contribution in [0.3, 0.4) is 0 Å². The summed E-state index contributed by atoms with van der Waals surface area (Å²) in [5, 5.41) is 3.38. The number of halogens is 1. The summed E-state index contributed by atoms with van der Waals surface area (Å²) >= 11 is 3.54. The van der Waals surface area contributed by atoms with E-state index in [4.69, 9.17) is 9.15 Å². The number of esters is 1. The minimum atomic E-state index is -0.374. The van der Waals surface area contributed by atoms with Crippen LogP contribution in [0.4, 0.5) is 0 Å². The summed E-state index contributed by atoms with van der Waals surface area (Å²) in [6, 6.07) is 9.95. The first-order valence-corrected chi connectivity index (χ1v) is 7.47. The van der Waals surface area contributed by atoms with Crippen LogP contribution in [-0.2, 0) is 11.3 Å². The van der Waals surface area contributed by atoms with Crippen LogP contribution in [0.15, 0.2) is 39.2 Å². The Morgan fingerprint density at radius 2 is 2.14 bits per heavy atom. The Kier molecular flexibility index (Phi) is 5.20. The Hall–Kier alpha value is -1.59. The smallest absolute Gasteiger partial charge is 0.341 e. The van der Waals surface area contributed by atoms with Gasteiger partial charge in [-0.05, 0) is 31.5 Å². The third-order valence-corrected chi connectivity index (χ3v) is 4.05. The van der Waals surface area contributed by atoms with Gasteiger partial charge in [-0.25, -0.2) is 4.79 Å². The minimum absolute atomic E-state index is 0.160. The van der Waals surface area contributed by atoms with E-state index in [0.717, 1.165) is 4.47 Å². The van der Waals surface area contributed by atoms with Gasteiger partial charge < -0.3 is 14.5 Å². The molecule has 0 bridgehead atoms. The number of hydrogen-bond donors (Lipinski definition) is 1. The molecular formula is C16H18BrNO3. The minimum Gasteiger partial charge on any atom is -0.465 e. The van der Waals surface area contributed by atoms with Crippen LogP contribution >= 0.6 is 15.9 Å². The summed E-state index contributed by atoms with van der Waals surface area (Å²) in [5.74, 6) is 0.917. The number of rotatable bonds is 5. The van der Waals surface area contributed by atoms with Crippen molar-refractivity contribution in [2.75, 3.05) is 7.11 Å². The van der Waals surface area contributed by atoms with Crippen molar-refractivity contribution >= 4 is 21.9 Å². The van der Waals surface area contributed by atoms with Crippen molar-refractivity contribution < 1.29 is 13.9 Å². The average Bonchev–Trinajstić information content (AvgIpc) is 2.85. The second kappa shape index (κ2) is 6.91. The molecule has 2 rings (SSSR count). The van der Waals surface area contributed by atoms with Crippen LogP contribution in [0.1, 0.15) is 40.4 Å². The number of nitrogens with one attached hydrogen (secondary N) is 1. The first-order chi connectivity index (χ1) is 10.0. The maximum atomic E-state index is 11.5. The first-order valence-electron chi connectivity index (χ1n) is 6.68. The molecule has 2 aromatic rings. The van der Waals surface area contributed by atoms with Gasteiger partial charge in [-0.3, -0.25) is 0 Å². The van der Waals surface area contributed by atoms with Crippen molar-refractivity contribution in [3.8, 4) is 0 Å². The van der Waals surface area contributed by atoms with Crippen LogP contribution in [-0.4, -0.2) is 13.1 Å². The molecule has 1 aromatic heterocycles. The maximum Gasteiger partial charge on any atom is 0.341 e. The molecule has 1 N–H and O–H groups in total. The molecule has 0 saturated carbocycles. The number of aryl methyl sites for hydroxylation is 1. The van der Waals surface area contributed by atoms with Crippen molar-refractivity contribution in [2.24, 2.45) is 0 Å². The topological polar surface area (TPSA) is 51.5 Å².